The quantitative estimate of drug-likeness (QED) is 0.262. The first-order valence-corrected chi connectivity index (χ1v) is 14.9. The topological polar surface area (TPSA) is 30.9 Å². The van der Waals surface area contributed by atoms with Gasteiger partial charge in [-0.3, -0.25) is 0 Å². The van der Waals surface area contributed by atoms with Crippen LogP contribution in [-0.4, -0.2) is 31.0 Å². The molecule has 1 fully saturated rings. The summed E-state index contributed by atoms with van der Waals surface area (Å²) < 4.78 is 22.4. The lowest BCUT2D eigenvalue weighted by Gasteiger charge is -2.39. The van der Waals surface area contributed by atoms with E-state index in [2.05, 4.69) is 89.6 Å². The van der Waals surface area contributed by atoms with E-state index in [4.69, 9.17) is 13.8 Å². The first-order valence-electron chi connectivity index (χ1n) is 13.7. The van der Waals surface area contributed by atoms with E-state index >= 15 is 0 Å². The molecule has 1 saturated heterocycles. The maximum atomic E-state index is 7.16. The average Bonchev–Trinajstić information content (AvgIpc) is 3.54. The molecule has 4 aromatic rings. The summed E-state index contributed by atoms with van der Waals surface area (Å²) >= 11 is 0. The Morgan fingerprint density at radius 1 is 0.605 bits per heavy atom. The minimum Gasteiger partial charge on any atom is -0.426 e. The summed E-state index contributed by atoms with van der Waals surface area (Å²) in [7, 11) is -1.38. The van der Waals surface area contributed by atoms with Gasteiger partial charge >= 0.3 is 8.53 Å². The zero-order valence-electron chi connectivity index (χ0n) is 21.4. The molecule has 0 aromatic heterocycles. The minimum atomic E-state index is -1.38. The van der Waals surface area contributed by atoms with Crippen molar-refractivity contribution in [3.63, 3.8) is 0 Å². The van der Waals surface area contributed by atoms with Crippen molar-refractivity contribution in [2.75, 3.05) is 26.3 Å². The molecule has 2 aliphatic carbocycles. The number of benzene rings is 4. The molecule has 0 atom stereocenters. The number of ether oxygens (including phenoxy) is 1. The highest BCUT2D eigenvalue weighted by Gasteiger charge is 2.51. The second kappa shape index (κ2) is 8.95. The van der Waals surface area contributed by atoms with Crippen LogP contribution in [0, 0.1) is 0 Å². The molecule has 8 rings (SSSR count). The molecule has 4 nitrogen and oxygen atoms in total. The lowest BCUT2D eigenvalue weighted by molar-refractivity contribution is 0.0683. The zero-order chi connectivity index (χ0) is 25.1. The van der Waals surface area contributed by atoms with E-state index in [0.717, 1.165) is 50.3 Å². The van der Waals surface area contributed by atoms with Crippen molar-refractivity contribution in [3.05, 3.63) is 107 Å². The van der Waals surface area contributed by atoms with Gasteiger partial charge in [-0.05, 0) is 47.9 Å². The van der Waals surface area contributed by atoms with Gasteiger partial charge in [0.1, 0.15) is 11.5 Å². The highest BCUT2D eigenvalue weighted by atomic mass is 31.2. The molecular weight excluding hydrogens is 489 g/mol. The fraction of sp³-hybridized carbons (Fsp3) is 0.273. The molecule has 0 unspecified atom stereocenters. The maximum Gasteiger partial charge on any atom is 0.384 e. The summed E-state index contributed by atoms with van der Waals surface area (Å²) in [5.41, 5.74) is 10.4. The number of aryl methyl sites for hydroxylation is 2. The average molecular weight is 520 g/mol. The van der Waals surface area contributed by atoms with Crippen LogP contribution in [0.3, 0.4) is 0 Å². The molecule has 2 aliphatic heterocycles. The van der Waals surface area contributed by atoms with Gasteiger partial charge in [-0.25, -0.2) is 4.67 Å². The first-order chi connectivity index (χ1) is 18.8. The minimum absolute atomic E-state index is 0.0721. The second-order valence-electron chi connectivity index (χ2n) is 10.8. The van der Waals surface area contributed by atoms with Crippen LogP contribution in [0.4, 0.5) is 0 Å². The molecule has 38 heavy (non-hydrogen) atoms. The number of rotatable bonds is 3. The lowest BCUT2D eigenvalue weighted by atomic mass is 9.74. The monoisotopic (exact) mass is 519 g/mol. The van der Waals surface area contributed by atoms with E-state index in [0.29, 0.717) is 13.2 Å². The van der Waals surface area contributed by atoms with Gasteiger partial charge < -0.3 is 13.8 Å². The van der Waals surface area contributed by atoms with Gasteiger partial charge in [0.05, 0.1) is 13.2 Å². The summed E-state index contributed by atoms with van der Waals surface area (Å²) in [4.78, 5) is 0. The van der Waals surface area contributed by atoms with Crippen LogP contribution in [-0.2, 0) is 23.0 Å². The van der Waals surface area contributed by atoms with Gasteiger partial charge in [-0.15, -0.1) is 0 Å². The lowest BCUT2D eigenvalue weighted by Crippen LogP contribution is -2.36. The SMILES string of the molecule is c1ccc(-c2ccc3c4c2OP(N2CCOCC2)Oc2c(-c5ccccc5)ccc5c2C4(CC3)CC5)cc1. The normalized spacial score (nSPS) is 19.6. The molecule has 4 aliphatic rings. The van der Waals surface area contributed by atoms with Crippen molar-refractivity contribution in [2.45, 2.75) is 31.1 Å². The Morgan fingerprint density at radius 3 is 1.61 bits per heavy atom. The first kappa shape index (κ1) is 22.8. The van der Waals surface area contributed by atoms with E-state index in [-0.39, 0.29) is 5.41 Å². The molecule has 5 heteroatoms. The van der Waals surface area contributed by atoms with E-state index in [1.165, 1.54) is 44.5 Å². The molecule has 0 bridgehead atoms. The number of morpholine rings is 1. The molecule has 0 saturated carbocycles. The molecular formula is C33H30NO3P. The van der Waals surface area contributed by atoms with Crippen molar-refractivity contribution in [1.82, 2.24) is 4.67 Å². The van der Waals surface area contributed by atoms with Crippen molar-refractivity contribution in [2.24, 2.45) is 0 Å². The van der Waals surface area contributed by atoms with Crippen LogP contribution in [0.2, 0.25) is 0 Å². The Balaban J connectivity index is 1.41. The third-order valence-corrected chi connectivity index (χ3v) is 10.4. The van der Waals surface area contributed by atoms with Crippen LogP contribution in [0.5, 0.6) is 11.5 Å². The number of hydrogen-bond donors (Lipinski definition) is 0. The molecule has 190 valence electrons. The molecule has 2 heterocycles. The summed E-state index contributed by atoms with van der Waals surface area (Å²) in [6.07, 6.45) is 4.36. The van der Waals surface area contributed by atoms with E-state index in [9.17, 15) is 0 Å². The van der Waals surface area contributed by atoms with Crippen LogP contribution >= 0.6 is 8.53 Å². The van der Waals surface area contributed by atoms with Gasteiger partial charge in [0, 0.05) is 40.8 Å². The number of hydrogen-bond acceptors (Lipinski definition) is 4. The van der Waals surface area contributed by atoms with Gasteiger partial charge in [0.25, 0.3) is 0 Å². The van der Waals surface area contributed by atoms with Crippen LogP contribution < -0.4 is 9.05 Å². The Kier molecular flexibility index (Phi) is 5.37. The maximum absolute atomic E-state index is 7.16. The standard InChI is InChI=1S/C33H30NO3P/c1-3-7-23(8-4-1)27-13-11-25-15-17-33-18-16-26-12-14-28(24-9-5-2-6-10-24)32(30(26)33)37-38(36-31(27)29(25)33)34-19-21-35-22-20-34/h1-14H,15-22H2. The van der Waals surface area contributed by atoms with E-state index in [1.54, 1.807) is 0 Å². The summed E-state index contributed by atoms with van der Waals surface area (Å²) in [5, 5.41) is 0. The predicted molar refractivity (Wildman–Crippen MR) is 152 cm³/mol. The fourth-order valence-corrected chi connectivity index (χ4v) is 8.50. The molecule has 0 N–H and O–H groups in total. The van der Waals surface area contributed by atoms with Crippen molar-refractivity contribution >= 4 is 8.53 Å². The Labute approximate surface area is 225 Å². The third kappa shape index (κ3) is 3.41. The third-order valence-electron chi connectivity index (χ3n) is 8.81. The Morgan fingerprint density at radius 2 is 1.11 bits per heavy atom. The summed E-state index contributed by atoms with van der Waals surface area (Å²) in [6, 6.07) is 30.7. The summed E-state index contributed by atoms with van der Waals surface area (Å²) in [5.74, 6) is 2.07. The predicted octanol–water partition coefficient (Wildman–Crippen LogP) is 7.53. The van der Waals surface area contributed by atoms with Crippen LogP contribution in [0.15, 0.2) is 84.9 Å². The Hall–Kier alpha value is -3.17. The van der Waals surface area contributed by atoms with Gasteiger partial charge in [0.2, 0.25) is 0 Å². The smallest absolute Gasteiger partial charge is 0.384 e. The van der Waals surface area contributed by atoms with Gasteiger partial charge in [-0.1, -0.05) is 84.9 Å². The van der Waals surface area contributed by atoms with E-state index < -0.39 is 8.53 Å². The van der Waals surface area contributed by atoms with Crippen molar-refractivity contribution < 1.29 is 13.8 Å². The summed E-state index contributed by atoms with van der Waals surface area (Å²) in [6.45, 7) is 3.02. The highest BCUT2D eigenvalue weighted by molar-refractivity contribution is 7.45. The molecule has 0 radical (unpaired) electrons. The van der Waals surface area contributed by atoms with Gasteiger partial charge in [0.15, 0.2) is 0 Å². The van der Waals surface area contributed by atoms with Crippen molar-refractivity contribution in [1.29, 1.82) is 0 Å². The molecule has 0 amide bonds. The Bertz CT molecular complexity index is 1410. The number of nitrogens with zero attached hydrogens (tertiary/aromatic N) is 1. The highest BCUT2D eigenvalue weighted by Crippen LogP contribution is 2.65. The van der Waals surface area contributed by atoms with Crippen LogP contribution in [0.1, 0.15) is 35.1 Å². The molecule has 4 aromatic carbocycles. The largest absolute Gasteiger partial charge is 0.426 e. The zero-order valence-corrected chi connectivity index (χ0v) is 22.3. The fourth-order valence-electron chi connectivity index (χ4n) is 7.05. The van der Waals surface area contributed by atoms with Crippen molar-refractivity contribution in [3.8, 4) is 33.8 Å². The van der Waals surface area contributed by atoms with E-state index in [1.807, 2.05) is 0 Å². The molecule has 1 spiro atoms. The van der Waals surface area contributed by atoms with Gasteiger partial charge in [-0.2, -0.15) is 0 Å². The van der Waals surface area contributed by atoms with Crippen LogP contribution in [0.25, 0.3) is 22.3 Å². The second-order valence-corrected chi connectivity index (χ2v) is 12.2.